The van der Waals surface area contributed by atoms with Gasteiger partial charge >= 0.3 is 0 Å². The minimum atomic E-state index is -3.39. The lowest BCUT2D eigenvalue weighted by molar-refractivity contribution is 0.179. The first-order valence-corrected chi connectivity index (χ1v) is 9.10. The summed E-state index contributed by atoms with van der Waals surface area (Å²) in [4.78, 5) is 2.72. The molecule has 8 heteroatoms. The Morgan fingerprint density at radius 2 is 1.73 bits per heavy atom. The highest BCUT2D eigenvalue weighted by Gasteiger charge is 2.35. The van der Waals surface area contributed by atoms with Crippen LogP contribution >= 0.6 is 24.0 Å². The lowest BCUT2D eigenvalue weighted by Crippen LogP contribution is -2.49. The third-order valence-corrected chi connectivity index (χ3v) is 6.38. The van der Waals surface area contributed by atoms with Crippen molar-refractivity contribution in [2.24, 2.45) is 0 Å². The van der Waals surface area contributed by atoms with Crippen molar-refractivity contribution >= 4 is 34.0 Å². The Morgan fingerprint density at radius 3 is 2.36 bits per heavy atom. The average molecular weight is 366 g/mol. The summed E-state index contributed by atoms with van der Waals surface area (Å²) in [6, 6.07) is 6.75. The molecule has 1 aromatic rings. The maximum atomic E-state index is 12.6. The Bertz CT molecular complexity index is 589. The molecule has 0 saturated carbocycles. The number of piperazine rings is 1. The molecule has 0 spiro atoms. The van der Waals surface area contributed by atoms with E-state index in [2.05, 4.69) is 10.2 Å². The molecule has 5 nitrogen and oxygen atoms in total. The normalized spacial score (nSPS) is 24.1. The second-order valence-electron chi connectivity index (χ2n) is 5.55. The molecule has 1 N–H and O–H groups in total. The number of halogens is 2. The molecule has 124 valence electrons. The van der Waals surface area contributed by atoms with Crippen LogP contribution in [0.3, 0.4) is 0 Å². The maximum Gasteiger partial charge on any atom is 0.243 e. The van der Waals surface area contributed by atoms with Crippen LogP contribution in [0.1, 0.15) is 6.42 Å². The highest BCUT2D eigenvalue weighted by molar-refractivity contribution is 7.89. The zero-order chi connectivity index (χ0) is 14.9. The molecular formula is C14H21Cl2N3O2S. The highest BCUT2D eigenvalue weighted by atomic mass is 35.5. The predicted octanol–water partition coefficient (Wildman–Crippen LogP) is 1.43. The summed E-state index contributed by atoms with van der Waals surface area (Å²) in [6.45, 7) is 5.16. The van der Waals surface area contributed by atoms with Gasteiger partial charge in [0, 0.05) is 50.3 Å². The quantitative estimate of drug-likeness (QED) is 0.880. The summed E-state index contributed by atoms with van der Waals surface area (Å²) in [7, 11) is -3.39. The van der Waals surface area contributed by atoms with Gasteiger partial charge in [-0.3, -0.25) is 4.90 Å². The van der Waals surface area contributed by atoms with E-state index < -0.39 is 10.0 Å². The monoisotopic (exact) mass is 365 g/mol. The number of hydrogen-bond donors (Lipinski definition) is 1. The first kappa shape index (κ1) is 18.0. The Labute approximate surface area is 143 Å². The Kier molecular flexibility index (Phi) is 6.10. The van der Waals surface area contributed by atoms with Gasteiger partial charge in [0.05, 0.1) is 4.90 Å². The molecule has 1 unspecified atom stereocenters. The first-order valence-electron chi connectivity index (χ1n) is 7.28. The summed E-state index contributed by atoms with van der Waals surface area (Å²) < 4.78 is 26.9. The topological polar surface area (TPSA) is 52.7 Å². The van der Waals surface area contributed by atoms with Crippen molar-refractivity contribution in [3.8, 4) is 0 Å². The van der Waals surface area contributed by atoms with Crippen LogP contribution < -0.4 is 5.32 Å². The van der Waals surface area contributed by atoms with Gasteiger partial charge in [0.2, 0.25) is 10.0 Å². The minimum Gasteiger partial charge on any atom is -0.314 e. The van der Waals surface area contributed by atoms with Crippen molar-refractivity contribution in [2.75, 3.05) is 39.3 Å². The molecule has 0 radical (unpaired) electrons. The lowest BCUT2D eigenvalue weighted by atomic mass is 10.2. The van der Waals surface area contributed by atoms with Crippen molar-refractivity contribution in [1.29, 1.82) is 0 Å². The van der Waals surface area contributed by atoms with Gasteiger partial charge in [-0.25, -0.2) is 8.42 Å². The zero-order valence-electron chi connectivity index (χ0n) is 12.2. The van der Waals surface area contributed by atoms with Crippen molar-refractivity contribution in [2.45, 2.75) is 17.4 Å². The predicted molar refractivity (Wildman–Crippen MR) is 90.3 cm³/mol. The van der Waals surface area contributed by atoms with Crippen molar-refractivity contribution < 1.29 is 8.42 Å². The fourth-order valence-electron chi connectivity index (χ4n) is 3.03. The van der Waals surface area contributed by atoms with Gasteiger partial charge in [0.1, 0.15) is 0 Å². The molecule has 0 amide bonds. The summed E-state index contributed by atoms with van der Waals surface area (Å²) in [6.07, 6.45) is 0.910. The zero-order valence-corrected chi connectivity index (χ0v) is 14.6. The fourth-order valence-corrected chi connectivity index (χ4v) is 4.65. The van der Waals surface area contributed by atoms with Crippen LogP contribution in [0.15, 0.2) is 29.2 Å². The smallest absolute Gasteiger partial charge is 0.243 e. The summed E-state index contributed by atoms with van der Waals surface area (Å²) >= 11 is 5.83. The average Bonchev–Trinajstić information content (AvgIpc) is 2.99. The number of benzene rings is 1. The molecule has 2 heterocycles. The molecule has 0 aliphatic carbocycles. The number of sulfonamides is 1. The van der Waals surface area contributed by atoms with Crippen LogP contribution in [-0.2, 0) is 10.0 Å². The molecule has 0 aromatic heterocycles. The summed E-state index contributed by atoms with van der Waals surface area (Å²) in [5, 5.41) is 3.87. The fraction of sp³-hybridized carbons (Fsp3) is 0.571. The van der Waals surface area contributed by atoms with Crippen LogP contribution in [0.2, 0.25) is 5.02 Å². The highest BCUT2D eigenvalue weighted by Crippen LogP contribution is 2.24. The second kappa shape index (κ2) is 7.47. The van der Waals surface area contributed by atoms with E-state index in [1.54, 1.807) is 28.6 Å². The van der Waals surface area contributed by atoms with Gasteiger partial charge in [-0.1, -0.05) is 11.6 Å². The third-order valence-electron chi connectivity index (χ3n) is 4.25. The van der Waals surface area contributed by atoms with E-state index in [1.165, 1.54) is 0 Å². The molecule has 22 heavy (non-hydrogen) atoms. The van der Waals surface area contributed by atoms with Crippen LogP contribution in [0.4, 0.5) is 0 Å². The molecule has 3 rings (SSSR count). The molecule has 1 aromatic carbocycles. The van der Waals surface area contributed by atoms with E-state index in [-0.39, 0.29) is 12.4 Å². The van der Waals surface area contributed by atoms with Gasteiger partial charge in [0.15, 0.2) is 0 Å². The van der Waals surface area contributed by atoms with E-state index in [4.69, 9.17) is 11.6 Å². The van der Waals surface area contributed by atoms with Crippen molar-refractivity contribution in [1.82, 2.24) is 14.5 Å². The van der Waals surface area contributed by atoms with E-state index in [0.717, 1.165) is 32.6 Å². The number of rotatable bonds is 3. The van der Waals surface area contributed by atoms with Gasteiger partial charge in [-0.2, -0.15) is 4.31 Å². The SMILES string of the molecule is Cl.O=S(=O)(c1ccc(Cl)cc1)N1CCC(N2CCNCC2)C1. The Hall–Kier alpha value is -0.370. The van der Waals surface area contributed by atoms with Crippen LogP contribution in [0.25, 0.3) is 0 Å². The first-order chi connectivity index (χ1) is 10.1. The van der Waals surface area contributed by atoms with Gasteiger partial charge in [0.25, 0.3) is 0 Å². The lowest BCUT2D eigenvalue weighted by Gasteiger charge is -2.32. The largest absolute Gasteiger partial charge is 0.314 e. The number of nitrogens with one attached hydrogen (secondary N) is 1. The molecule has 2 saturated heterocycles. The van der Waals surface area contributed by atoms with Crippen LogP contribution in [0, 0.1) is 0 Å². The Balaban J connectivity index is 0.00000176. The minimum absolute atomic E-state index is 0. The van der Waals surface area contributed by atoms with Crippen molar-refractivity contribution in [3.63, 3.8) is 0 Å². The summed E-state index contributed by atoms with van der Waals surface area (Å²) in [5.41, 5.74) is 0. The van der Waals surface area contributed by atoms with Crippen LogP contribution in [-0.4, -0.2) is 62.9 Å². The molecule has 0 bridgehead atoms. The molecule has 2 aliphatic rings. The number of nitrogens with zero attached hydrogens (tertiary/aromatic N) is 2. The van der Waals surface area contributed by atoms with Gasteiger partial charge in [-0.15, -0.1) is 12.4 Å². The van der Waals surface area contributed by atoms with E-state index in [0.29, 0.717) is 29.0 Å². The standard InChI is InChI=1S/C14H20ClN3O2S.ClH/c15-12-1-3-14(4-2-12)21(19,20)18-8-5-13(11-18)17-9-6-16-7-10-17;/h1-4,13,16H,5-11H2;1H. The van der Waals surface area contributed by atoms with Gasteiger partial charge < -0.3 is 5.32 Å². The maximum absolute atomic E-state index is 12.6. The van der Waals surface area contributed by atoms with Crippen LogP contribution in [0.5, 0.6) is 0 Å². The molecule has 1 atom stereocenters. The molecular weight excluding hydrogens is 345 g/mol. The van der Waals surface area contributed by atoms with E-state index in [9.17, 15) is 8.42 Å². The van der Waals surface area contributed by atoms with E-state index >= 15 is 0 Å². The van der Waals surface area contributed by atoms with E-state index in [1.807, 2.05) is 0 Å². The molecule has 2 fully saturated rings. The molecule has 2 aliphatic heterocycles. The number of hydrogen-bond acceptors (Lipinski definition) is 4. The van der Waals surface area contributed by atoms with Crippen molar-refractivity contribution in [3.05, 3.63) is 29.3 Å². The second-order valence-corrected chi connectivity index (χ2v) is 7.92. The summed E-state index contributed by atoms with van der Waals surface area (Å²) in [5.74, 6) is 0. The third kappa shape index (κ3) is 3.75. The Morgan fingerprint density at radius 1 is 1.09 bits per heavy atom. The van der Waals surface area contributed by atoms with Gasteiger partial charge in [-0.05, 0) is 30.7 Å².